The Hall–Kier alpha value is -1.68. The third-order valence-electron chi connectivity index (χ3n) is 1.87. The zero-order chi connectivity index (χ0) is 12.1. The first-order valence-electron chi connectivity index (χ1n) is 4.39. The van der Waals surface area contributed by atoms with Crippen LogP contribution in [-0.2, 0) is 4.79 Å². The Kier molecular flexibility index (Phi) is 4.19. The molecule has 0 aliphatic heterocycles. The van der Waals surface area contributed by atoms with Crippen LogP contribution in [0.15, 0.2) is 18.2 Å². The Morgan fingerprint density at radius 2 is 2.06 bits per heavy atom. The number of hydrogen-bond donors (Lipinski definition) is 0. The molecule has 0 spiro atoms. The number of aliphatic carboxylic acids is 1. The van der Waals surface area contributed by atoms with Crippen molar-refractivity contribution in [3.8, 4) is 11.5 Å². The molecule has 0 unspecified atom stereocenters. The maximum atomic E-state index is 10.2. The fraction of sp³-hybridized carbons (Fsp3) is 0.182. The number of carboxylic acids is 1. The largest absolute Gasteiger partial charge is 0.545 e. The predicted molar refractivity (Wildman–Crippen MR) is 58.6 cm³/mol. The Bertz CT molecular complexity index is 426. The van der Waals surface area contributed by atoms with Gasteiger partial charge < -0.3 is 19.4 Å². The summed E-state index contributed by atoms with van der Waals surface area (Å²) in [6.45, 7) is 0. The molecule has 0 amide bonds. The average molecular weight is 242 g/mol. The molecule has 0 saturated carbocycles. The zero-order valence-corrected chi connectivity index (χ0v) is 9.58. The number of rotatable bonds is 4. The molecule has 86 valence electrons. The maximum absolute atomic E-state index is 10.2. The van der Waals surface area contributed by atoms with Crippen LogP contribution in [0, 0.1) is 0 Å². The number of carbonyl (C=O) groups is 1. The average Bonchev–Trinajstić information content (AvgIpc) is 2.25. The van der Waals surface area contributed by atoms with Crippen LogP contribution >= 0.6 is 11.6 Å². The Morgan fingerprint density at radius 1 is 1.38 bits per heavy atom. The van der Waals surface area contributed by atoms with Crippen molar-refractivity contribution in [2.45, 2.75) is 0 Å². The molecule has 0 atom stereocenters. The van der Waals surface area contributed by atoms with Crippen molar-refractivity contribution in [1.29, 1.82) is 0 Å². The predicted octanol–water partition coefficient (Wildman–Crippen LogP) is 1.12. The SMILES string of the molecule is COc1cc(/C=C/C(=O)[O-])cc(Cl)c1OC. The number of carboxylic acid groups (broad SMARTS) is 1. The van der Waals surface area contributed by atoms with Gasteiger partial charge in [0, 0.05) is 0 Å². The topological polar surface area (TPSA) is 58.6 Å². The summed E-state index contributed by atoms with van der Waals surface area (Å²) < 4.78 is 10.1. The van der Waals surface area contributed by atoms with E-state index < -0.39 is 5.97 Å². The summed E-state index contributed by atoms with van der Waals surface area (Å²) in [7, 11) is 2.95. The van der Waals surface area contributed by atoms with E-state index in [1.54, 1.807) is 12.1 Å². The van der Waals surface area contributed by atoms with Gasteiger partial charge in [0.25, 0.3) is 0 Å². The molecular formula is C11H10ClO4-. The van der Waals surface area contributed by atoms with Crippen LogP contribution in [0.3, 0.4) is 0 Å². The fourth-order valence-electron chi connectivity index (χ4n) is 1.20. The molecule has 0 aromatic heterocycles. The molecule has 5 heteroatoms. The van der Waals surface area contributed by atoms with E-state index in [0.717, 1.165) is 6.08 Å². The third-order valence-corrected chi connectivity index (χ3v) is 2.15. The van der Waals surface area contributed by atoms with E-state index in [9.17, 15) is 9.90 Å². The third kappa shape index (κ3) is 2.90. The number of methoxy groups -OCH3 is 2. The molecule has 1 aromatic carbocycles. The van der Waals surface area contributed by atoms with Gasteiger partial charge in [0.2, 0.25) is 0 Å². The summed E-state index contributed by atoms with van der Waals surface area (Å²) >= 11 is 5.93. The van der Waals surface area contributed by atoms with Crippen molar-refractivity contribution < 1.29 is 19.4 Å². The van der Waals surface area contributed by atoms with E-state index in [1.165, 1.54) is 20.3 Å². The fourth-order valence-corrected chi connectivity index (χ4v) is 1.49. The molecule has 4 nitrogen and oxygen atoms in total. The highest BCUT2D eigenvalue weighted by Crippen LogP contribution is 2.36. The lowest BCUT2D eigenvalue weighted by molar-refractivity contribution is -0.297. The molecule has 0 aliphatic rings. The molecule has 0 saturated heterocycles. The summed E-state index contributed by atoms with van der Waals surface area (Å²) in [5, 5.41) is 10.6. The van der Waals surface area contributed by atoms with Gasteiger partial charge >= 0.3 is 0 Å². The van der Waals surface area contributed by atoms with Crippen LogP contribution in [0.25, 0.3) is 6.08 Å². The molecule has 0 N–H and O–H groups in total. The number of carbonyl (C=O) groups excluding carboxylic acids is 1. The first-order valence-corrected chi connectivity index (χ1v) is 4.77. The molecule has 0 heterocycles. The number of halogens is 1. The summed E-state index contributed by atoms with van der Waals surface area (Å²) in [4.78, 5) is 10.2. The summed E-state index contributed by atoms with van der Waals surface area (Å²) in [5.41, 5.74) is 0.590. The summed E-state index contributed by atoms with van der Waals surface area (Å²) in [6, 6.07) is 3.19. The van der Waals surface area contributed by atoms with E-state index in [0.29, 0.717) is 22.1 Å². The number of ether oxygens (including phenoxy) is 2. The minimum absolute atomic E-state index is 0.347. The van der Waals surface area contributed by atoms with E-state index in [2.05, 4.69) is 0 Å². The van der Waals surface area contributed by atoms with Crippen molar-refractivity contribution in [3.63, 3.8) is 0 Å². The highest BCUT2D eigenvalue weighted by Gasteiger charge is 2.09. The molecule has 0 fully saturated rings. The number of hydrogen-bond acceptors (Lipinski definition) is 4. The van der Waals surface area contributed by atoms with Crippen LogP contribution < -0.4 is 14.6 Å². The van der Waals surface area contributed by atoms with E-state index in [4.69, 9.17) is 21.1 Å². The van der Waals surface area contributed by atoms with Crippen LogP contribution in [0.2, 0.25) is 5.02 Å². The second kappa shape index (κ2) is 5.42. The maximum Gasteiger partial charge on any atom is 0.179 e. The van der Waals surface area contributed by atoms with Gasteiger partial charge in [0.15, 0.2) is 11.5 Å². The molecule has 0 aliphatic carbocycles. The minimum Gasteiger partial charge on any atom is -0.545 e. The highest BCUT2D eigenvalue weighted by molar-refractivity contribution is 6.32. The Balaban J connectivity index is 3.15. The van der Waals surface area contributed by atoms with Gasteiger partial charge in [-0.25, -0.2) is 0 Å². The summed E-state index contributed by atoms with van der Waals surface area (Å²) in [6.07, 6.45) is 2.28. The molecule has 16 heavy (non-hydrogen) atoms. The van der Waals surface area contributed by atoms with Crippen molar-refractivity contribution in [2.75, 3.05) is 14.2 Å². The minimum atomic E-state index is -1.27. The van der Waals surface area contributed by atoms with Crippen molar-refractivity contribution in [1.82, 2.24) is 0 Å². The van der Waals surface area contributed by atoms with E-state index in [-0.39, 0.29) is 0 Å². The monoisotopic (exact) mass is 241 g/mol. The first kappa shape index (κ1) is 12.4. The van der Waals surface area contributed by atoms with Crippen molar-refractivity contribution in [3.05, 3.63) is 28.8 Å². The number of benzene rings is 1. The highest BCUT2D eigenvalue weighted by atomic mass is 35.5. The van der Waals surface area contributed by atoms with E-state index >= 15 is 0 Å². The first-order chi connectivity index (χ1) is 7.58. The standard InChI is InChI=1S/C11H11ClO4/c1-15-9-6-7(3-4-10(13)14)5-8(12)11(9)16-2/h3-6H,1-2H3,(H,13,14)/p-1/b4-3+. The van der Waals surface area contributed by atoms with Gasteiger partial charge in [-0.1, -0.05) is 17.7 Å². The second-order valence-electron chi connectivity index (χ2n) is 2.89. The lowest BCUT2D eigenvalue weighted by atomic mass is 10.2. The van der Waals surface area contributed by atoms with Gasteiger partial charge in [-0.15, -0.1) is 0 Å². The zero-order valence-electron chi connectivity index (χ0n) is 8.82. The quantitative estimate of drug-likeness (QED) is 0.742. The molecule has 0 radical (unpaired) electrons. The smallest absolute Gasteiger partial charge is 0.179 e. The molecule has 1 aromatic rings. The van der Waals surface area contributed by atoms with Gasteiger partial charge in [0.05, 0.1) is 25.2 Å². The normalized spacial score (nSPS) is 10.4. The van der Waals surface area contributed by atoms with Gasteiger partial charge in [-0.3, -0.25) is 0 Å². The molecule has 0 bridgehead atoms. The van der Waals surface area contributed by atoms with Gasteiger partial charge in [-0.05, 0) is 23.8 Å². The van der Waals surface area contributed by atoms with Crippen LogP contribution in [-0.4, -0.2) is 20.2 Å². The van der Waals surface area contributed by atoms with Gasteiger partial charge in [0.1, 0.15) is 0 Å². The van der Waals surface area contributed by atoms with E-state index in [1.807, 2.05) is 0 Å². The Labute approximate surface area is 98.1 Å². The summed E-state index contributed by atoms with van der Waals surface area (Å²) in [5.74, 6) is -0.423. The second-order valence-corrected chi connectivity index (χ2v) is 3.30. The van der Waals surface area contributed by atoms with Crippen LogP contribution in [0.4, 0.5) is 0 Å². The van der Waals surface area contributed by atoms with Crippen LogP contribution in [0.1, 0.15) is 5.56 Å². The van der Waals surface area contributed by atoms with Crippen LogP contribution in [0.5, 0.6) is 11.5 Å². The lowest BCUT2D eigenvalue weighted by Gasteiger charge is -2.10. The Morgan fingerprint density at radius 3 is 2.56 bits per heavy atom. The molecular weight excluding hydrogens is 232 g/mol. The van der Waals surface area contributed by atoms with Crippen molar-refractivity contribution in [2.24, 2.45) is 0 Å². The lowest BCUT2D eigenvalue weighted by Crippen LogP contribution is -2.18. The van der Waals surface area contributed by atoms with Crippen molar-refractivity contribution >= 4 is 23.6 Å². The van der Waals surface area contributed by atoms with Gasteiger partial charge in [-0.2, -0.15) is 0 Å². The molecule has 1 rings (SSSR count).